The molecule has 4 N–H and O–H groups in total. The molecule has 1 aromatic rings. The van der Waals surface area contributed by atoms with Crippen molar-refractivity contribution < 1.29 is 34.8 Å². The number of quaternary nitrogens is 1. The Bertz CT molecular complexity index is 1320. The summed E-state index contributed by atoms with van der Waals surface area (Å²) in [5, 5.41) is 48.3. The topological polar surface area (TPSA) is 142 Å². The first-order valence-corrected chi connectivity index (χ1v) is 17.9. The molecule has 0 amide bonds. The van der Waals surface area contributed by atoms with Crippen LogP contribution in [-0.4, -0.2) is 107 Å². The normalized spacial score (nSPS) is 18.5. The number of benzene rings is 1. The second kappa shape index (κ2) is 17.3. The molecule has 3 heterocycles. The van der Waals surface area contributed by atoms with E-state index in [4.69, 9.17) is 36.7 Å². The summed E-state index contributed by atoms with van der Waals surface area (Å²) >= 11 is 16.8. The molecule has 1 aromatic carbocycles. The highest BCUT2D eigenvalue weighted by atomic mass is 32.1. The number of rotatable bonds is 16. The molecule has 3 fully saturated rings. The van der Waals surface area contributed by atoms with E-state index in [9.17, 15) is 34.8 Å². The molecule has 3 aliphatic heterocycles. The standard InChI is InChI=1S/C33H46N4O7S3/c38-29(39)20-25(45)17-23-16-24(18-26(46)21-30(40)41)33(44)28(19-27(47)22-31(42)43)32(23)37(34-10-4-1-5-11-34,35-12-6-2-7-13-35)36-14-8-3-9-15-36/h16H,1-15,17-22H2,(H3-,38,39,40,41,42,43,44)/p+1. The van der Waals surface area contributed by atoms with Crippen molar-refractivity contribution in [3.8, 4) is 5.75 Å². The van der Waals surface area contributed by atoms with Crippen LogP contribution < -0.4 is 4.81 Å². The molecular formula is C33H47N4O7S3+. The van der Waals surface area contributed by atoms with Crippen molar-refractivity contribution in [2.45, 2.75) is 96.3 Å². The molecule has 0 spiro atoms. The highest BCUT2D eigenvalue weighted by molar-refractivity contribution is 7.80. The number of phenolic OH excluding ortho intramolecular Hbond substituents is 1. The number of carboxylic acids is 3. The van der Waals surface area contributed by atoms with Crippen LogP contribution in [0.2, 0.25) is 0 Å². The molecule has 0 aliphatic carbocycles. The number of aromatic hydroxyl groups is 1. The molecule has 47 heavy (non-hydrogen) atoms. The van der Waals surface area contributed by atoms with Crippen LogP contribution in [0.4, 0.5) is 5.69 Å². The van der Waals surface area contributed by atoms with Crippen LogP contribution in [0, 0.1) is 0 Å². The average Bonchev–Trinajstić information content (AvgIpc) is 3.01. The Kier molecular flexibility index (Phi) is 13.7. The molecule has 0 radical (unpaired) electrons. The number of carboxylic acid groups (broad SMARTS) is 3. The minimum absolute atomic E-state index is 0.00226. The van der Waals surface area contributed by atoms with Gasteiger partial charge in [0.15, 0.2) is 0 Å². The van der Waals surface area contributed by atoms with E-state index in [-0.39, 0.29) is 58.8 Å². The van der Waals surface area contributed by atoms with Crippen LogP contribution in [0.5, 0.6) is 5.75 Å². The molecule has 11 nitrogen and oxygen atoms in total. The van der Waals surface area contributed by atoms with Gasteiger partial charge in [-0.1, -0.05) is 60.7 Å². The maximum atomic E-state index is 12.2. The molecule has 3 aliphatic rings. The molecule has 0 aromatic heterocycles. The highest BCUT2D eigenvalue weighted by Gasteiger charge is 2.54. The van der Waals surface area contributed by atoms with E-state index < -0.39 is 17.9 Å². The lowest BCUT2D eigenvalue weighted by Crippen LogP contribution is -2.79. The van der Waals surface area contributed by atoms with Gasteiger partial charge in [-0.2, -0.15) is 0 Å². The summed E-state index contributed by atoms with van der Waals surface area (Å²) in [7, 11) is 0. The first kappa shape index (κ1) is 37.4. The Morgan fingerprint density at radius 1 is 0.574 bits per heavy atom. The fraction of sp³-hybridized carbons (Fsp3) is 0.636. The van der Waals surface area contributed by atoms with E-state index in [2.05, 4.69) is 15.0 Å². The Labute approximate surface area is 292 Å². The van der Waals surface area contributed by atoms with Gasteiger partial charge >= 0.3 is 17.9 Å². The number of phenols is 1. The molecule has 0 unspecified atom stereocenters. The van der Waals surface area contributed by atoms with E-state index in [1.807, 2.05) is 6.07 Å². The summed E-state index contributed by atoms with van der Waals surface area (Å²) in [6, 6.07) is 1.82. The monoisotopic (exact) mass is 707 g/mol. The Hall–Kier alpha value is -2.46. The Morgan fingerprint density at radius 3 is 1.28 bits per heavy atom. The number of carbonyl (C=O) groups is 3. The van der Waals surface area contributed by atoms with Gasteiger partial charge in [-0.15, -0.1) is 15.0 Å². The molecule has 3 saturated heterocycles. The second-order valence-electron chi connectivity index (χ2n) is 12.8. The minimum atomic E-state index is -1.08. The predicted octanol–water partition coefficient (Wildman–Crippen LogP) is 5.06. The van der Waals surface area contributed by atoms with Gasteiger partial charge in [-0.05, 0) is 50.2 Å². The van der Waals surface area contributed by atoms with Crippen molar-refractivity contribution in [2.24, 2.45) is 0 Å². The lowest BCUT2D eigenvalue weighted by atomic mass is 9.91. The van der Waals surface area contributed by atoms with E-state index >= 15 is 0 Å². The van der Waals surface area contributed by atoms with E-state index in [0.717, 1.165) is 108 Å². The molecule has 0 atom stereocenters. The maximum absolute atomic E-state index is 12.2. The van der Waals surface area contributed by atoms with Crippen LogP contribution in [-0.2, 0) is 33.6 Å². The molecule has 4 rings (SSSR count). The number of thiocarbonyl (C=S) groups is 3. The van der Waals surface area contributed by atoms with Crippen molar-refractivity contribution in [3.63, 3.8) is 0 Å². The molecule has 0 saturated carbocycles. The second-order valence-corrected chi connectivity index (χ2v) is 14.6. The van der Waals surface area contributed by atoms with E-state index in [1.54, 1.807) is 0 Å². The fourth-order valence-corrected chi connectivity index (χ4v) is 8.23. The summed E-state index contributed by atoms with van der Waals surface area (Å²) < 4.78 is 0. The Balaban J connectivity index is 2.09. The van der Waals surface area contributed by atoms with Gasteiger partial charge in [0, 0.05) is 39.4 Å². The Morgan fingerprint density at radius 2 is 0.915 bits per heavy atom. The van der Waals surface area contributed by atoms with Crippen LogP contribution in [0.1, 0.15) is 93.7 Å². The first-order valence-electron chi connectivity index (χ1n) is 16.7. The third-order valence-electron chi connectivity index (χ3n) is 9.20. The maximum Gasteiger partial charge on any atom is 0.308 e. The first-order chi connectivity index (χ1) is 22.4. The fourth-order valence-electron chi connectivity index (χ4n) is 7.40. The largest absolute Gasteiger partial charge is 0.507 e. The van der Waals surface area contributed by atoms with Crippen molar-refractivity contribution in [1.82, 2.24) is 19.8 Å². The van der Waals surface area contributed by atoms with Gasteiger partial charge in [-0.3, -0.25) is 14.4 Å². The average molecular weight is 708 g/mol. The molecule has 258 valence electrons. The zero-order valence-electron chi connectivity index (χ0n) is 27.0. The third kappa shape index (κ3) is 9.37. The van der Waals surface area contributed by atoms with Gasteiger partial charge < -0.3 is 20.4 Å². The van der Waals surface area contributed by atoms with E-state index in [1.165, 1.54) is 0 Å². The zero-order chi connectivity index (χ0) is 34.1. The van der Waals surface area contributed by atoms with Crippen molar-refractivity contribution in [1.29, 1.82) is 0 Å². The summed E-state index contributed by atoms with van der Waals surface area (Å²) in [5.41, 5.74) is 2.34. The lowest BCUT2D eigenvalue weighted by molar-refractivity contribution is -0.305. The summed E-state index contributed by atoms with van der Waals surface area (Å²) in [6.45, 7) is 4.81. The molecular weight excluding hydrogens is 661 g/mol. The predicted molar refractivity (Wildman–Crippen MR) is 192 cm³/mol. The quantitative estimate of drug-likeness (QED) is 0.134. The summed E-state index contributed by atoms with van der Waals surface area (Å²) in [4.78, 5) is 36.1. The van der Waals surface area contributed by atoms with E-state index in [0.29, 0.717) is 16.0 Å². The molecule has 14 heteroatoms. The number of hydrogen-bond donors (Lipinski definition) is 4. The van der Waals surface area contributed by atoms with Crippen molar-refractivity contribution in [2.75, 3.05) is 39.3 Å². The van der Waals surface area contributed by atoms with Gasteiger partial charge in [0.25, 0.3) is 0 Å². The zero-order valence-corrected chi connectivity index (χ0v) is 29.4. The van der Waals surface area contributed by atoms with Gasteiger partial charge in [0.2, 0.25) is 5.69 Å². The number of hydrogen-bond acceptors (Lipinski definition) is 10. The minimum Gasteiger partial charge on any atom is -0.507 e. The van der Waals surface area contributed by atoms with Crippen LogP contribution >= 0.6 is 36.7 Å². The molecule has 0 bridgehead atoms. The van der Waals surface area contributed by atoms with Gasteiger partial charge in [0.05, 0.1) is 64.1 Å². The number of nitrogens with zero attached hydrogens (tertiary/aromatic N) is 4. The number of piperidine rings is 3. The summed E-state index contributed by atoms with van der Waals surface area (Å²) in [5.74, 6) is -3.26. The van der Waals surface area contributed by atoms with Crippen LogP contribution in [0.15, 0.2) is 6.07 Å². The van der Waals surface area contributed by atoms with Crippen molar-refractivity contribution in [3.05, 3.63) is 22.8 Å². The summed E-state index contributed by atoms with van der Waals surface area (Å²) in [6.07, 6.45) is 8.38. The van der Waals surface area contributed by atoms with Crippen LogP contribution in [0.25, 0.3) is 0 Å². The lowest BCUT2D eigenvalue weighted by Gasteiger charge is -2.57. The SMILES string of the molecule is O=C(O)CC(=S)Cc1cc(CC(=S)CC(=O)O)c([N+](N2CCCCC2)(N2CCCCC2)N2CCCCC2)c(CC(=S)CC(=O)O)c1O. The van der Waals surface area contributed by atoms with Crippen molar-refractivity contribution >= 4 is 74.8 Å². The van der Waals surface area contributed by atoms with Gasteiger partial charge in [0.1, 0.15) is 5.75 Å². The smallest absolute Gasteiger partial charge is 0.308 e. The number of aliphatic carboxylic acids is 3. The third-order valence-corrected chi connectivity index (χ3v) is 10.1. The van der Waals surface area contributed by atoms with Crippen LogP contribution in [0.3, 0.4) is 0 Å². The highest BCUT2D eigenvalue weighted by Crippen LogP contribution is 2.46. The van der Waals surface area contributed by atoms with Gasteiger partial charge in [-0.25, -0.2) is 0 Å².